The molecule has 1 heterocycles. The van der Waals surface area contributed by atoms with Crippen LogP contribution in [0.2, 0.25) is 0 Å². The van der Waals surface area contributed by atoms with E-state index >= 15 is 0 Å². The molecule has 1 atom stereocenters. The minimum atomic E-state index is -3.50. The van der Waals surface area contributed by atoms with Gasteiger partial charge >= 0.3 is 0 Å². The molecule has 1 aromatic rings. The van der Waals surface area contributed by atoms with Crippen molar-refractivity contribution in [1.82, 2.24) is 9.21 Å². The van der Waals surface area contributed by atoms with E-state index in [0.29, 0.717) is 31.1 Å². The van der Waals surface area contributed by atoms with Gasteiger partial charge in [-0.15, -0.1) is 0 Å². The summed E-state index contributed by atoms with van der Waals surface area (Å²) in [6.07, 6.45) is 0. The van der Waals surface area contributed by atoms with Gasteiger partial charge in [-0.25, -0.2) is 8.42 Å². The molecule has 0 aromatic heterocycles. The minimum absolute atomic E-state index is 0.176. The Morgan fingerprint density at radius 2 is 1.52 bits per heavy atom. The van der Waals surface area contributed by atoms with Gasteiger partial charge in [-0.1, -0.05) is 6.07 Å². The Hall–Kier alpha value is -1.42. The largest absolute Gasteiger partial charge is 0.286 e. The molecular weight excluding hydrogens is 310 g/mol. The van der Waals surface area contributed by atoms with E-state index in [2.05, 4.69) is 6.07 Å². The third-order valence-electron chi connectivity index (χ3n) is 4.90. The van der Waals surface area contributed by atoms with Crippen molar-refractivity contribution < 1.29 is 8.42 Å². The van der Waals surface area contributed by atoms with E-state index in [1.54, 1.807) is 4.31 Å². The Kier molecular flexibility index (Phi) is 5.14. The predicted octanol–water partition coefficient (Wildman–Crippen LogP) is 2.14. The summed E-state index contributed by atoms with van der Waals surface area (Å²) in [6, 6.07) is 4.07. The van der Waals surface area contributed by atoms with Crippen molar-refractivity contribution in [1.29, 1.82) is 5.26 Å². The highest BCUT2D eigenvalue weighted by molar-refractivity contribution is 7.89. The zero-order valence-electron chi connectivity index (χ0n) is 14.5. The first-order chi connectivity index (χ1) is 10.7. The number of nitriles is 1. The van der Waals surface area contributed by atoms with Crippen LogP contribution in [0.3, 0.4) is 0 Å². The zero-order chi connectivity index (χ0) is 17.4. The first kappa shape index (κ1) is 17.9. The van der Waals surface area contributed by atoms with Gasteiger partial charge in [0.2, 0.25) is 10.0 Å². The van der Waals surface area contributed by atoms with E-state index in [-0.39, 0.29) is 6.04 Å². The second kappa shape index (κ2) is 6.60. The predicted molar refractivity (Wildman–Crippen MR) is 90.8 cm³/mol. The van der Waals surface area contributed by atoms with E-state index < -0.39 is 10.0 Å². The van der Waals surface area contributed by atoms with Gasteiger partial charge in [0.1, 0.15) is 0 Å². The van der Waals surface area contributed by atoms with Crippen LogP contribution in [-0.4, -0.2) is 49.8 Å². The molecule has 1 fully saturated rings. The molecule has 0 aliphatic carbocycles. The van der Waals surface area contributed by atoms with Crippen molar-refractivity contribution >= 4 is 10.0 Å². The van der Waals surface area contributed by atoms with Gasteiger partial charge < -0.3 is 0 Å². The molecule has 5 nitrogen and oxygen atoms in total. The summed E-state index contributed by atoms with van der Waals surface area (Å²) in [6.45, 7) is 11.6. The molecule has 0 radical (unpaired) electrons. The standard InChI is InChI=1S/C17H25N3O2S/c1-12-10-13(2)16(5)17(15(12)4)23(21,22)20-8-6-19(7-9-20)14(3)11-18/h10,14H,6-9H2,1-5H3/t14-/m0/s1. The van der Waals surface area contributed by atoms with Crippen molar-refractivity contribution in [3.8, 4) is 6.07 Å². The number of hydrogen-bond donors (Lipinski definition) is 0. The molecule has 2 rings (SSSR count). The first-order valence-corrected chi connectivity index (χ1v) is 9.35. The minimum Gasteiger partial charge on any atom is -0.286 e. The van der Waals surface area contributed by atoms with Crippen molar-refractivity contribution in [2.24, 2.45) is 0 Å². The summed E-state index contributed by atoms with van der Waals surface area (Å²) in [5, 5.41) is 9.00. The van der Waals surface area contributed by atoms with Gasteiger partial charge in [0.15, 0.2) is 0 Å². The molecule has 1 aliphatic rings. The van der Waals surface area contributed by atoms with Crippen LogP contribution < -0.4 is 0 Å². The lowest BCUT2D eigenvalue weighted by molar-refractivity contribution is 0.169. The van der Waals surface area contributed by atoms with Gasteiger partial charge in [0.25, 0.3) is 0 Å². The number of rotatable bonds is 3. The highest BCUT2D eigenvalue weighted by Crippen LogP contribution is 2.29. The summed E-state index contributed by atoms with van der Waals surface area (Å²) >= 11 is 0. The maximum atomic E-state index is 13.1. The molecule has 0 saturated carbocycles. The highest BCUT2D eigenvalue weighted by Gasteiger charge is 2.32. The highest BCUT2D eigenvalue weighted by atomic mass is 32.2. The molecule has 1 saturated heterocycles. The van der Waals surface area contributed by atoms with E-state index in [9.17, 15) is 8.42 Å². The lowest BCUT2D eigenvalue weighted by atomic mass is 10.0. The molecule has 0 spiro atoms. The second-order valence-corrected chi connectivity index (χ2v) is 8.21. The molecule has 0 unspecified atom stereocenters. The number of hydrogen-bond acceptors (Lipinski definition) is 4. The van der Waals surface area contributed by atoms with E-state index in [1.165, 1.54) is 0 Å². The Morgan fingerprint density at radius 1 is 1.04 bits per heavy atom. The third-order valence-corrected chi connectivity index (χ3v) is 7.08. The smallest absolute Gasteiger partial charge is 0.243 e. The first-order valence-electron chi connectivity index (χ1n) is 7.91. The molecule has 0 amide bonds. The van der Waals surface area contributed by atoms with Crippen molar-refractivity contribution in [3.63, 3.8) is 0 Å². The maximum absolute atomic E-state index is 13.1. The SMILES string of the molecule is Cc1cc(C)c(C)c(S(=O)(=O)N2CCN([C@@H](C)C#N)CC2)c1C. The Balaban J connectivity index is 2.34. The van der Waals surface area contributed by atoms with Gasteiger partial charge in [-0.2, -0.15) is 9.57 Å². The lowest BCUT2D eigenvalue weighted by Crippen LogP contribution is -2.51. The quantitative estimate of drug-likeness (QED) is 0.849. The average molecular weight is 335 g/mol. The van der Waals surface area contributed by atoms with Gasteiger partial charge in [0, 0.05) is 26.2 Å². The van der Waals surface area contributed by atoms with Crippen LogP contribution in [0.5, 0.6) is 0 Å². The normalized spacial score (nSPS) is 18.6. The summed E-state index contributed by atoms with van der Waals surface area (Å²) in [5.41, 5.74) is 3.67. The molecule has 1 aromatic carbocycles. The van der Waals surface area contributed by atoms with E-state index in [1.807, 2.05) is 45.6 Å². The van der Waals surface area contributed by atoms with E-state index in [0.717, 1.165) is 22.3 Å². The summed E-state index contributed by atoms with van der Waals surface area (Å²) in [7, 11) is -3.50. The number of nitrogens with zero attached hydrogens (tertiary/aromatic N) is 3. The van der Waals surface area contributed by atoms with Crippen molar-refractivity contribution in [3.05, 3.63) is 28.3 Å². The monoisotopic (exact) mass is 335 g/mol. The average Bonchev–Trinajstić information content (AvgIpc) is 2.52. The topological polar surface area (TPSA) is 64.4 Å². The summed E-state index contributed by atoms with van der Waals surface area (Å²) in [4.78, 5) is 2.48. The second-order valence-electron chi connectivity index (χ2n) is 6.33. The van der Waals surface area contributed by atoms with Crippen molar-refractivity contribution in [2.45, 2.75) is 45.6 Å². The Labute approximate surface area is 139 Å². The molecule has 6 heteroatoms. The number of aryl methyl sites for hydroxylation is 2. The molecule has 23 heavy (non-hydrogen) atoms. The Morgan fingerprint density at radius 3 is 1.96 bits per heavy atom. The van der Waals surface area contributed by atoms with Crippen LogP contribution in [0, 0.1) is 39.0 Å². The van der Waals surface area contributed by atoms with E-state index in [4.69, 9.17) is 5.26 Å². The van der Waals surface area contributed by atoms with Crippen LogP contribution in [0.25, 0.3) is 0 Å². The number of sulfonamides is 1. The van der Waals surface area contributed by atoms with Gasteiger partial charge in [0.05, 0.1) is 17.0 Å². The maximum Gasteiger partial charge on any atom is 0.243 e. The lowest BCUT2D eigenvalue weighted by Gasteiger charge is -2.35. The molecule has 0 N–H and O–H groups in total. The van der Waals surface area contributed by atoms with Crippen molar-refractivity contribution in [2.75, 3.05) is 26.2 Å². The molecule has 1 aliphatic heterocycles. The van der Waals surface area contributed by atoms with Crippen LogP contribution in [0.1, 0.15) is 29.2 Å². The summed E-state index contributed by atoms with van der Waals surface area (Å²) in [5.74, 6) is 0. The van der Waals surface area contributed by atoms with Crippen LogP contribution in [-0.2, 0) is 10.0 Å². The fourth-order valence-electron chi connectivity index (χ4n) is 3.11. The zero-order valence-corrected chi connectivity index (χ0v) is 15.4. The van der Waals surface area contributed by atoms with Crippen LogP contribution >= 0.6 is 0 Å². The van der Waals surface area contributed by atoms with Crippen LogP contribution in [0.15, 0.2) is 11.0 Å². The third kappa shape index (κ3) is 3.27. The summed E-state index contributed by atoms with van der Waals surface area (Å²) < 4.78 is 27.8. The molecule has 126 valence electrons. The Bertz CT molecular complexity index is 716. The van der Waals surface area contributed by atoms with Crippen LogP contribution in [0.4, 0.5) is 0 Å². The number of piperazine rings is 1. The fourth-order valence-corrected chi connectivity index (χ4v) is 5.11. The number of benzene rings is 1. The fraction of sp³-hybridized carbons (Fsp3) is 0.588. The van der Waals surface area contributed by atoms with Gasteiger partial charge in [-0.05, 0) is 56.9 Å². The van der Waals surface area contributed by atoms with Gasteiger partial charge in [-0.3, -0.25) is 4.90 Å². The molecule has 0 bridgehead atoms. The molecular formula is C17H25N3O2S.